The Balaban J connectivity index is 1.70. The maximum atomic E-state index is 15.5. The van der Waals surface area contributed by atoms with Crippen molar-refractivity contribution in [1.29, 1.82) is 0 Å². The molecule has 30 heavy (non-hydrogen) atoms. The maximum absolute atomic E-state index is 15.5. The fourth-order valence-corrected chi connectivity index (χ4v) is 6.45. The van der Waals surface area contributed by atoms with Gasteiger partial charge in [-0.3, -0.25) is 14.3 Å². The maximum Gasteiger partial charge on any atom is 0.329 e. The van der Waals surface area contributed by atoms with E-state index in [0.717, 1.165) is 37.0 Å². The monoisotopic (exact) mass is 431 g/mol. The number of rotatable bonds is 3. The van der Waals surface area contributed by atoms with Crippen molar-refractivity contribution in [3.63, 3.8) is 0 Å². The van der Waals surface area contributed by atoms with Crippen LogP contribution in [0.1, 0.15) is 60.4 Å². The van der Waals surface area contributed by atoms with Crippen LogP contribution >= 0.6 is 11.3 Å². The molecule has 8 heteroatoms. The highest BCUT2D eigenvalue weighted by Gasteiger charge is 2.38. The highest BCUT2D eigenvalue weighted by Crippen LogP contribution is 2.42. The summed E-state index contributed by atoms with van der Waals surface area (Å²) in [5.74, 6) is -0.860. The molecule has 3 aliphatic rings. The lowest BCUT2D eigenvalue weighted by Gasteiger charge is -2.25. The van der Waals surface area contributed by atoms with Gasteiger partial charge in [-0.15, -0.1) is 11.3 Å². The van der Waals surface area contributed by atoms with Crippen molar-refractivity contribution in [1.82, 2.24) is 9.55 Å². The van der Waals surface area contributed by atoms with Crippen molar-refractivity contribution in [2.24, 2.45) is 11.7 Å². The second-order valence-corrected chi connectivity index (χ2v) is 10.2. The zero-order valence-corrected chi connectivity index (χ0v) is 17.9. The van der Waals surface area contributed by atoms with Gasteiger partial charge in [-0.1, -0.05) is 0 Å². The van der Waals surface area contributed by atoms with E-state index in [2.05, 4.69) is 4.98 Å². The Labute approximate surface area is 176 Å². The Kier molecular flexibility index (Phi) is 4.56. The van der Waals surface area contributed by atoms with Crippen LogP contribution in [0.15, 0.2) is 15.7 Å². The van der Waals surface area contributed by atoms with Crippen molar-refractivity contribution in [2.45, 2.75) is 70.1 Å². The van der Waals surface area contributed by atoms with Gasteiger partial charge in [0.1, 0.15) is 11.0 Å². The number of H-pyrrole nitrogens is 1. The third-order valence-corrected chi connectivity index (χ3v) is 8.22. The van der Waals surface area contributed by atoms with E-state index in [1.54, 1.807) is 22.8 Å². The van der Waals surface area contributed by atoms with Crippen LogP contribution in [0, 0.1) is 5.92 Å². The molecular formula is C22H26FN3O3S. The number of fused-ring (bicyclic) bond motifs is 2. The summed E-state index contributed by atoms with van der Waals surface area (Å²) in [6.45, 7) is 3.81. The van der Waals surface area contributed by atoms with Gasteiger partial charge in [0.15, 0.2) is 6.17 Å². The summed E-state index contributed by atoms with van der Waals surface area (Å²) in [5, 5.41) is 11.0. The third kappa shape index (κ3) is 2.92. The second kappa shape index (κ2) is 6.92. The molecule has 4 N–H and O–H groups in total. The van der Waals surface area contributed by atoms with Crippen LogP contribution in [-0.4, -0.2) is 26.9 Å². The van der Waals surface area contributed by atoms with Crippen LogP contribution in [-0.2, 0) is 12.8 Å². The molecule has 4 atom stereocenters. The molecule has 0 spiro atoms. The number of aromatic nitrogens is 2. The van der Waals surface area contributed by atoms with Gasteiger partial charge in [0.2, 0.25) is 0 Å². The summed E-state index contributed by atoms with van der Waals surface area (Å²) < 4.78 is 17.0. The van der Waals surface area contributed by atoms with E-state index < -0.39 is 29.1 Å². The molecule has 160 valence electrons. The molecule has 1 saturated carbocycles. The van der Waals surface area contributed by atoms with E-state index >= 15 is 4.39 Å². The first-order chi connectivity index (χ1) is 14.3. The van der Waals surface area contributed by atoms with Crippen molar-refractivity contribution in [2.75, 3.05) is 0 Å². The van der Waals surface area contributed by atoms with Gasteiger partial charge in [-0.25, -0.2) is 9.18 Å². The Bertz CT molecular complexity index is 1270. The van der Waals surface area contributed by atoms with Crippen LogP contribution < -0.4 is 27.6 Å². The molecule has 0 aliphatic heterocycles. The Morgan fingerprint density at radius 1 is 1.33 bits per heavy atom. The minimum absolute atomic E-state index is 0.00833. The number of nitrogens with two attached hydrogens (primary N) is 1. The molecule has 6 nitrogen and oxygen atoms in total. The van der Waals surface area contributed by atoms with Crippen molar-refractivity contribution < 1.29 is 9.50 Å². The summed E-state index contributed by atoms with van der Waals surface area (Å²) in [6.07, 6.45) is 2.78. The van der Waals surface area contributed by atoms with E-state index in [-0.39, 0.29) is 17.3 Å². The number of alkyl halides is 1. The zero-order valence-electron chi connectivity index (χ0n) is 17.1. The fraction of sp³-hybridized carbons (Fsp3) is 0.545. The van der Waals surface area contributed by atoms with Crippen molar-refractivity contribution in [3.05, 3.63) is 52.8 Å². The molecule has 0 aromatic carbocycles. The van der Waals surface area contributed by atoms with Crippen LogP contribution in [0.4, 0.5) is 4.39 Å². The number of nitrogens with one attached hydrogen (secondary N) is 1. The van der Waals surface area contributed by atoms with Crippen molar-refractivity contribution in [3.8, 4) is 0 Å². The quantitative estimate of drug-likeness (QED) is 0.683. The summed E-state index contributed by atoms with van der Waals surface area (Å²) in [4.78, 5) is 29.3. The van der Waals surface area contributed by atoms with Crippen molar-refractivity contribution >= 4 is 22.7 Å². The first-order valence-electron chi connectivity index (χ1n) is 10.6. The number of aliphatic hydroxyl groups is 1. The average Bonchev–Trinajstić information content (AvgIpc) is 3.43. The summed E-state index contributed by atoms with van der Waals surface area (Å²) in [7, 11) is 0. The molecule has 2 aromatic heterocycles. The fourth-order valence-electron chi connectivity index (χ4n) is 5.05. The zero-order chi connectivity index (χ0) is 21.3. The summed E-state index contributed by atoms with van der Waals surface area (Å²) >= 11 is 1.58. The Hall–Kier alpha value is -2.19. The molecule has 3 aliphatic carbocycles. The molecule has 2 heterocycles. The third-order valence-electron chi connectivity index (χ3n) is 6.90. The first kappa shape index (κ1) is 19.8. The average molecular weight is 432 g/mol. The van der Waals surface area contributed by atoms with Gasteiger partial charge in [0, 0.05) is 21.8 Å². The summed E-state index contributed by atoms with van der Waals surface area (Å²) in [6, 6.07) is 2.15. The molecule has 1 fully saturated rings. The molecule has 0 radical (unpaired) electrons. The smallest absolute Gasteiger partial charge is 0.329 e. The van der Waals surface area contributed by atoms with Gasteiger partial charge in [0.25, 0.3) is 5.56 Å². The van der Waals surface area contributed by atoms with E-state index in [0.29, 0.717) is 16.8 Å². The molecule has 0 bridgehead atoms. The Morgan fingerprint density at radius 3 is 2.73 bits per heavy atom. The number of aryl methyl sites for hydroxylation is 1. The number of aliphatic hydroxyl groups excluding tert-OH is 1. The van der Waals surface area contributed by atoms with Crippen LogP contribution in [0.2, 0.25) is 0 Å². The van der Waals surface area contributed by atoms with Gasteiger partial charge < -0.3 is 10.8 Å². The van der Waals surface area contributed by atoms with E-state index in [1.165, 1.54) is 10.4 Å². The predicted octanol–water partition coefficient (Wildman–Crippen LogP) is 1.36. The van der Waals surface area contributed by atoms with Gasteiger partial charge >= 0.3 is 5.69 Å². The molecule has 5 rings (SSSR count). The number of hydrogen-bond acceptors (Lipinski definition) is 5. The molecule has 0 saturated heterocycles. The van der Waals surface area contributed by atoms with Crippen LogP contribution in [0.5, 0.6) is 0 Å². The lowest BCUT2D eigenvalue weighted by atomic mass is 9.83. The highest BCUT2D eigenvalue weighted by molar-refractivity contribution is 7.12. The van der Waals surface area contributed by atoms with E-state index in [1.807, 2.05) is 13.0 Å². The number of nitrogens with zero attached hydrogens (tertiary/aromatic N) is 1. The van der Waals surface area contributed by atoms with Crippen LogP contribution in [0.25, 0.3) is 11.3 Å². The Morgan fingerprint density at radius 2 is 2.07 bits per heavy atom. The molecule has 4 unspecified atom stereocenters. The van der Waals surface area contributed by atoms with Gasteiger partial charge in [0.05, 0.1) is 11.3 Å². The minimum atomic E-state index is -1.71. The number of hydrogen-bond donors (Lipinski definition) is 3. The SMILES string of the molecule is CC1=c2c(c(=O)[nH]c(=O)n2C2CC2)=C(O)C(F)C1c1cc2c(s1)CCC(C(C)N)C2. The van der Waals surface area contributed by atoms with E-state index in [4.69, 9.17) is 5.73 Å². The lowest BCUT2D eigenvalue weighted by Crippen LogP contribution is -2.58. The molecule has 0 amide bonds. The standard InChI is InChI=1S/C22H26FN3O3S/c1-9-16(15-8-12-7-11(10(2)24)3-6-14(12)30-15)18(23)20(27)17-19(9)26(13-4-5-13)22(29)25-21(17)28/h8,10-11,13,16,18,27H,3-7,24H2,1-2H3,(H,25,28,29). The number of halogens is 1. The van der Waals surface area contributed by atoms with Crippen LogP contribution in [0.3, 0.4) is 0 Å². The highest BCUT2D eigenvalue weighted by atomic mass is 32.1. The number of aromatic amines is 1. The predicted molar refractivity (Wildman–Crippen MR) is 115 cm³/mol. The minimum Gasteiger partial charge on any atom is -0.508 e. The number of thiophene rings is 1. The largest absolute Gasteiger partial charge is 0.508 e. The topological polar surface area (TPSA) is 101 Å². The first-order valence-corrected chi connectivity index (χ1v) is 11.4. The molecule has 2 aromatic rings. The lowest BCUT2D eigenvalue weighted by molar-refractivity contribution is 0.306. The normalized spacial score (nSPS) is 27.0. The summed E-state index contributed by atoms with van der Waals surface area (Å²) in [5.41, 5.74) is 6.73. The molecular weight excluding hydrogens is 405 g/mol. The van der Waals surface area contributed by atoms with E-state index in [9.17, 15) is 14.7 Å². The van der Waals surface area contributed by atoms with Gasteiger partial charge in [-0.2, -0.15) is 0 Å². The second-order valence-electron chi connectivity index (χ2n) is 8.99. The van der Waals surface area contributed by atoms with Gasteiger partial charge in [-0.05, 0) is 69.1 Å².